The lowest BCUT2D eigenvalue weighted by Crippen LogP contribution is -2.50. The summed E-state index contributed by atoms with van der Waals surface area (Å²) in [4.78, 5) is 10.6. The molecule has 2 aliphatic rings. The van der Waals surface area contributed by atoms with Crippen molar-refractivity contribution < 1.29 is 9.53 Å². The van der Waals surface area contributed by atoms with E-state index in [4.69, 9.17) is 4.74 Å². The normalized spacial score (nSPS) is 45.3. The Balaban J connectivity index is 2.09. The first-order chi connectivity index (χ1) is 4.73. The molecule has 1 aliphatic carbocycles. The molecule has 2 atom stereocenters. The Bertz CT molecular complexity index is 170. The van der Waals surface area contributed by atoms with Gasteiger partial charge in [-0.1, -0.05) is 22.6 Å². The Kier molecular flexibility index (Phi) is 1.44. The van der Waals surface area contributed by atoms with Crippen LogP contribution in [0.3, 0.4) is 0 Å². The van der Waals surface area contributed by atoms with E-state index in [1.165, 1.54) is 12.8 Å². The van der Waals surface area contributed by atoms with Crippen LogP contribution in [-0.4, -0.2) is 15.5 Å². The number of halogens is 1. The fourth-order valence-corrected chi connectivity index (χ4v) is 2.88. The van der Waals surface area contributed by atoms with E-state index in [0.29, 0.717) is 10.3 Å². The number of carbonyl (C=O) groups is 1. The van der Waals surface area contributed by atoms with Crippen molar-refractivity contribution in [2.24, 2.45) is 0 Å². The van der Waals surface area contributed by atoms with E-state index >= 15 is 0 Å². The molecule has 0 bridgehead atoms. The average Bonchev–Trinajstić information content (AvgIpc) is 2.12. The third-order valence-corrected chi connectivity index (χ3v) is 4.15. The number of ether oxygens (including phenoxy) is 1. The molecule has 0 amide bonds. The fraction of sp³-hybridized carbons (Fsp3) is 0.857. The number of hydrogen-bond acceptors (Lipinski definition) is 2. The second-order valence-corrected chi connectivity index (χ2v) is 4.58. The molecule has 0 aromatic carbocycles. The summed E-state index contributed by atoms with van der Waals surface area (Å²) in [7, 11) is 0. The molecule has 1 aliphatic heterocycles. The first kappa shape index (κ1) is 6.88. The predicted molar refractivity (Wildman–Crippen MR) is 45.1 cm³/mol. The van der Waals surface area contributed by atoms with Crippen molar-refractivity contribution in [1.29, 1.82) is 0 Å². The maximum atomic E-state index is 10.6. The first-order valence-electron chi connectivity index (χ1n) is 3.59. The van der Waals surface area contributed by atoms with Crippen molar-refractivity contribution in [3.8, 4) is 0 Å². The lowest BCUT2D eigenvalue weighted by atomic mass is 9.93. The van der Waals surface area contributed by atoms with Gasteiger partial charge in [-0.25, -0.2) is 0 Å². The van der Waals surface area contributed by atoms with Crippen LogP contribution in [0.1, 0.15) is 25.7 Å². The van der Waals surface area contributed by atoms with E-state index in [2.05, 4.69) is 22.6 Å². The summed E-state index contributed by atoms with van der Waals surface area (Å²) in [5.41, 5.74) is -0.0162. The molecule has 56 valence electrons. The molecule has 1 saturated carbocycles. The molecule has 2 unspecified atom stereocenters. The Hall–Kier alpha value is 0.200. The van der Waals surface area contributed by atoms with Crippen LogP contribution in [0.4, 0.5) is 0 Å². The van der Waals surface area contributed by atoms with Gasteiger partial charge in [0.25, 0.3) is 0 Å². The van der Waals surface area contributed by atoms with Crippen molar-refractivity contribution in [3.63, 3.8) is 0 Å². The lowest BCUT2D eigenvalue weighted by Gasteiger charge is -2.39. The van der Waals surface area contributed by atoms with Gasteiger partial charge < -0.3 is 4.74 Å². The molecular weight excluding hydrogens is 243 g/mol. The quantitative estimate of drug-likeness (QED) is 0.372. The van der Waals surface area contributed by atoms with E-state index in [0.717, 1.165) is 6.42 Å². The van der Waals surface area contributed by atoms with E-state index in [1.807, 2.05) is 0 Å². The van der Waals surface area contributed by atoms with Gasteiger partial charge in [-0.3, -0.25) is 4.79 Å². The highest BCUT2D eigenvalue weighted by Gasteiger charge is 2.53. The Labute approximate surface area is 73.5 Å². The van der Waals surface area contributed by atoms with E-state index in [1.54, 1.807) is 0 Å². The smallest absolute Gasteiger partial charge is 0.310 e. The molecule has 3 heteroatoms. The maximum Gasteiger partial charge on any atom is 0.310 e. The summed E-state index contributed by atoms with van der Waals surface area (Å²) < 4.78 is 5.73. The number of esters is 1. The summed E-state index contributed by atoms with van der Waals surface area (Å²) in [6.45, 7) is 0. The van der Waals surface area contributed by atoms with Crippen LogP contribution in [-0.2, 0) is 9.53 Å². The molecule has 2 fully saturated rings. The minimum absolute atomic E-state index is 0.0106. The van der Waals surface area contributed by atoms with Gasteiger partial charge >= 0.3 is 5.97 Å². The van der Waals surface area contributed by atoms with Gasteiger partial charge in [-0.2, -0.15) is 0 Å². The fourth-order valence-electron chi connectivity index (χ4n) is 1.78. The monoisotopic (exact) mass is 252 g/mol. The topological polar surface area (TPSA) is 26.3 Å². The highest BCUT2D eigenvalue weighted by molar-refractivity contribution is 14.1. The van der Waals surface area contributed by atoms with E-state index in [9.17, 15) is 4.79 Å². The van der Waals surface area contributed by atoms with Gasteiger partial charge in [0.2, 0.25) is 0 Å². The van der Waals surface area contributed by atoms with Crippen molar-refractivity contribution in [2.45, 2.75) is 35.2 Å². The highest BCUT2D eigenvalue weighted by atomic mass is 127. The van der Waals surface area contributed by atoms with Gasteiger partial charge in [0.1, 0.15) is 5.60 Å². The standard InChI is InChI=1S/C7H9IO2/c8-5-2-1-3-7(5)4-6(9)10-7/h5H,1-4H2. The molecule has 2 nitrogen and oxygen atoms in total. The van der Waals surface area contributed by atoms with E-state index in [-0.39, 0.29) is 11.6 Å². The lowest BCUT2D eigenvalue weighted by molar-refractivity contribution is -0.188. The van der Waals surface area contributed by atoms with Crippen LogP contribution in [0.2, 0.25) is 0 Å². The second kappa shape index (κ2) is 2.09. The summed E-state index contributed by atoms with van der Waals surface area (Å²) in [5.74, 6) is -0.0106. The molecule has 0 aromatic heterocycles. The largest absolute Gasteiger partial charge is 0.457 e. The number of alkyl halides is 1. The molecule has 1 saturated heterocycles. The van der Waals surface area contributed by atoms with Crippen LogP contribution < -0.4 is 0 Å². The predicted octanol–water partition coefficient (Wildman–Crippen LogP) is 1.66. The summed E-state index contributed by atoms with van der Waals surface area (Å²) in [6, 6.07) is 0. The molecule has 1 spiro atoms. The highest BCUT2D eigenvalue weighted by Crippen LogP contribution is 2.46. The minimum Gasteiger partial charge on any atom is -0.457 e. The molecule has 10 heavy (non-hydrogen) atoms. The molecule has 1 heterocycles. The van der Waals surface area contributed by atoms with Crippen molar-refractivity contribution in [2.75, 3.05) is 0 Å². The van der Waals surface area contributed by atoms with Gasteiger partial charge in [0, 0.05) is 0 Å². The van der Waals surface area contributed by atoms with Gasteiger partial charge in [-0.15, -0.1) is 0 Å². The zero-order valence-corrected chi connectivity index (χ0v) is 7.76. The van der Waals surface area contributed by atoms with Crippen LogP contribution in [0.15, 0.2) is 0 Å². The maximum absolute atomic E-state index is 10.6. The van der Waals surface area contributed by atoms with Crippen LogP contribution in [0, 0.1) is 0 Å². The summed E-state index contributed by atoms with van der Waals surface area (Å²) >= 11 is 2.39. The molecule has 2 rings (SSSR count). The van der Waals surface area contributed by atoms with Crippen LogP contribution in [0.5, 0.6) is 0 Å². The van der Waals surface area contributed by atoms with E-state index < -0.39 is 0 Å². The Morgan fingerprint density at radius 3 is 2.80 bits per heavy atom. The second-order valence-electron chi connectivity index (χ2n) is 3.08. The number of rotatable bonds is 0. The van der Waals surface area contributed by atoms with Gasteiger partial charge in [0.15, 0.2) is 0 Å². The molecule has 0 N–H and O–H groups in total. The third-order valence-electron chi connectivity index (χ3n) is 2.39. The number of carbonyl (C=O) groups excluding carboxylic acids is 1. The molecule has 0 aromatic rings. The molecular formula is C7H9IO2. The first-order valence-corrected chi connectivity index (χ1v) is 4.83. The van der Waals surface area contributed by atoms with Crippen molar-refractivity contribution >= 4 is 28.6 Å². The van der Waals surface area contributed by atoms with Crippen molar-refractivity contribution in [1.82, 2.24) is 0 Å². The Morgan fingerprint density at radius 2 is 2.40 bits per heavy atom. The average molecular weight is 252 g/mol. The molecule has 0 radical (unpaired) electrons. The summed E-state index contributed by atoms with van der Waals surface area (Å²) in [5, 5.41) is 0. The summed E-state index contributed by atoms with van der Waals surface area (Å²) in [6.07, 6.45) is 4.20. The Morgan fingerprint density at radius 1 is 1.70 bits per heavy atom. The third kappa shape index (κ3) is 0.790. The van der Waals surface area contributed by atoms with Crippen LogP contribution in [0.25, 0.3) is 0 Å². The zero-order chi connectivity index (χ0) is 7.19. The van der Waals surface area contributed by atoms with Crippen molar-refractivity contribution in [3.05, 3.63) is 0 Å². The van der Waals surface area contributed by atoms with Gasteiger partial charge in [-0.05, 0) is 19.3 Å². The SMILES string of the molecule is O=C1CC2(CCCC2I)O1. The number of hydrogen-bond donors (Lipinski definition) is 0. The van der Waals surface area contributed by atoms with Crippen LogP contribution >= 0.6 is 22.6 Å². The minimum atomic E-state index is -0.0162. The zero-order valence-electron chi connectivity index (χ0n) is 5.60. The van der Waals surface area contributed by atoms with Gasteiger partial charge in [0.05, 0.1) is 10.3 Å².